The van der Waals surface area contributed by atoms with Gasteiger partial charge in [-0.15, -0.1) is 0 Å². The molecule has 0 saturated carbocycles. The van der Waals surface area contributed by atoms with Gasteiger partial charge in [0.2, 0.25) is 0 Å². The Hall–Kier alpha value is -2.78. The second-order valence-electron chi connectivity index (χ2n) is 5.01. The minimum absolute atomic E-state index is 0.0346. The van der Waals surface area contributed by atoms with Crippen LogP contribution in [0, 0.1) is 11.3 Å². The van der Waals surface area contributed by atoms with Crippen LogP contribution in [0.1, 0.15) is 5.56 Å². The predicted octanol–water partition coefficient (Wildman–Crippen LogP) is 3.33. The molecule has 0 aliphatic heterocycles. The van der Waals surface area contributed by atoms with Crippen molar-refractivity contribution >= 4 is 27.5 Å². The lowest BCUT2D eigenvalue weighted by Crippen LogP contribution is -2.18. The lowest BCUT2D eigenvalue weighted by Gasteiger charge is -2.06. The number of hydrogen-bond acceptors (Lipinski definition) is 4. The standard InChI is InChI=1S/C18H16BrN3O2/c19-15-4-1-3-13(9-15)7-8-21-12-14(11-20)18(24)22-16-5-2-6-17(23)10-16/h1-6,9-10,12,21,23H,7-8H2,(H,22,24)/b14-12-. The van der Waals surface area contributed by atoms with Gasteiger partial charge in [-0.25, -0.2) is 0 Å². The monoisotopic (exact) mass is 385 g/mol. The van der Waals surface area contributed by atoms with Crippen molar-refractivity contribution in [3.8, 4) is 11.8 Å². The molecule has 0 aromatic heterocycles. The molecule has 2 aromatic rings. The molecule has 0 bridgehead atoms. The zero-order valence-corrected chi connectivity index (χ0v) is 14.4. The van der Waals surface area contributed by atoms with E-state index in [-0.39, 0.29) is 11.3 Å². The maximum absolute atomic E-state index is 12.0. The Kier molecular flexibility index (Phi) is 6.41. The summed E-state index contributed by atoms with van der Waals surface area (Å²) in [4.78, 5) is 12.0. The number of carbonyl (C=O) groups excluding carboxylic acids is 1. The third-order valence-electron chi connectivity index (χ3n) is 3.16. The summed E-state index contributed by atoms with van der Waals surface area (Å²) in [6, 6.07) is 16.0. The molecule has 0 unspecified atom stereocenters. The summed E-state index contributed by atoms with van der Waals surface area (Å²) in [5, 5.41) is 24.0. The van der Waals surface area contributed by atoms with E-state index in [1.165, 1.54) is 18.3 Å². The van der Waals surface area contributed by atoms with Gasteiger partial charge in [-0.3, -0.25) is 4.79 Å². The number of anilines is 1. The van der Waals surface area contributed by atoms with Crippen molar-refractivity contribution in [1.29, 1.82) is 5.26 Å². The van der Waals surface area contributed by atoms with Crippen LogP contribution in [0.25, 0.3) is 0 Å². The van der Waals surface area contributed by atoms with E-state index in [1.54, 1.807) is 12.1 Å². The van der Waals surface area contributed by atoms with Crippen molar-refractivity contribution in [1.82, 2.24) is 5.32 Å². The lowest BCUT2D eigenvalue weighted by atomic mass is 10.1. The maximum atomic E-state index is 12.0. The van der Waals surface area contributed by atoms with Gasteiger partial charge < -0.3 is 15.7 Å². The Labute approximate surface area is 148 Å². The van der Waals surface area contributed by atoms with Crippen LogP contribution in [-0.2, 0) is 11.2 Å². The van der Waals surface area contributed by atoms with Crippen molar-refractivity contribution in [3.05, 3.63) is 70.3 Å². The van der Waals surface area contributed by atoms with Crippen molar-refractivity contribution < 1.29 is 9.90 Å². The number of phenols is 1. The highest BCUT2D eigenvalue weighted by molar-refractivity contribution is 9.10. The summed E-state index contributed by atoms with van der Waals surface area (Å²) in [6.45, 7) is 0.598. The number of carbonyl (C=O) groups is 1. The number of aromatic hydroxyl groups is 1. The van der Waals surface area contributed by atoms with Gasteiger partial charge >= 0.3 is 0 Å². The highest BCUT2D eigenvalue weighted by atomic mass is 79.9. The molecular weight excluding hydrogens is 370 g/mol. The Morgan fingerprint density at radius 2 is 2.04 bits per heavy atom. The molecule has 0 heterocycles. The fourth-order valence-corrected chi connectivity index (χ4v) is 2.46. The summed E-state index contributed by atoms with van der Waals surface area (Å²) >= 11 is 3.42. The van der Waals surface area contributed by atoms with Crippen molar-refractivity contribution in [2.24, 2.45) is 0 Å². The molecule has 0 atom stereocenters. The molecule has 0 aliphatic rings. The van der Waals surface area contributed by atoms with Gasteiger partial charge in [0.15, 0.2) is 0 Å². The van der Waals surface area contributed by atoms with E-state index >= 15 is 0 Å². The molecule has 3 N–H and O–H groups in total. The van der Waals surface area contributed by atoms with E-state index in [1.807, 2.05) is 30.3 Å². The number of halogens is 1. The molecular formula is C18H16BrN3O2. The molecule has 5 nitrogen and oxygen atoms in total. The fourth-order valence-electron chi connectivity index (χ4n) is 2.01. The van der Waals surface area contributed by atoms with E-state index < -0.39 is 5.91 Å². The average molecular weight is 386 g/mol. The van der Waals surface area contributed by atoms with Gasteiger partial charge in [-0.2, -0.15) is 5.26 Å². The second-order valence-corrected chi connectivity index (χ2v) is 5.92. The summed E-state index contributed by atoms with van der Waals surface area (Å²) in [5.41, 5.74) is 1.54. The molecule has 0 spiro atoms. The lowest BCUT2D eigenvalue weighted by molar-refractivity contribution is -0.112. The zero-order chi connectivity index (χ0) is 17.4. The minimum Gasteiger partial charge on any atom is -0.508 e. The highest BCUT2D eigenvalue weighted by Gasteiger charge is 2.09. The molecule has 122 valence electrons. The Balaban J connectivity index is 1.89. The number of nitrogens with one attached hydrogen (secondary N) is 2. The van der Waals surface area contributed by atoms with Gasteiger partial charge in [0, 0.05) is 29.0 Å². The van der Waals surface area contributed by atoms with Crippen LogP contribution >= 0.6 is 15.9 Å². The number of amides is 1. The number of nitrogens with zero attached hydrogens (tertiary/aromatic N) is 1. The number of phenolic OH excluding ortho intramolecular Hbond substituents is 1. The molecule has 1 amide bonds. The first kappa shape index (κ1) is 17.6. The molecule has 0 fully saturated rings. The largest absolute Gasteiger partial charge is 0.508 e. The highest BCUT2D eigenvalue weighted by Crippen LogP contribution is 2.16. The number of benzene rings is 2. The number of hydrogen-bond donors (Lipinski definition) is 3. The van der Waals surface area contributed by atoms with E-state index in [2.05, 4.69) is 26.6 Å². The van der Waals surface area contributed by atoms with Crippen LogP contribution in [0.15, 0.2) is 64.8 Å². The van der Waals surface area contributed by atoms with E-state index in [0.29, 0.717) is 12.2 Å². The Morgan fingerprint density at radius 3 is 2.75 bits per heavy atom. The molecule has 0 aliphatic carbocycles. The SMILES string of the molecule is N#C/C(=C/NCCc1cccc(Br)c1)C(=O)Nc1cccc(O)c1. The first-order valence-electron chi connectivity index (χ1n) is 7.27. The van der Waals surface area contributed by atoms with E-state index in [4.69, 9.17) is 5.26 Å². The Morgan fingerprint density at radius 1 is 1.25 bits per heavy atom. The van der Waals surface area contributed by atoms with Gasteiger partial charge in [-0.1, -0.05) is 34.1 Å². The van der Waals surface area contributed by atoms with Crippen LogP contribution in [0.4, 0.5) is 5.69 Å². The van der Waals surface area contributed by atoms with E-state index in [0.717, 1.165) is 16.5 Å². The molecule has 0 radical (unpaired) electrons. The van der Waals surface area contributed by atoms with E-state index in [9.17, 15) is 9.90 Å². The van der Waals surface area contributed by atoms with Crippen molar-refractivity contribution in [3.63, 3.8) is 0 Å². The van der Waals surface area contributed by atoms with Gasteiger partial charge in [0.05, 0.1) is 0 Å². The van der Waals surface area contributed by atoms with Gasteiger partial charge in [0.25, 0.3) is 5.91 Å². The molecule has 6 heteroatoms. The summed E-state index contributed by atoms with van der Waals surface area (Å²) in [5.74, 6) is -0.486. The van der Waals surface area contributed by atoms with Crippen LogP contribution in [0.2, 0.25) is 0 Å². The average Bonchev–Trinajstić information content (AvgIpc) is 2.55. The normalized spacial score (nSPS) is 10.8. The fraction of sp³-hybridized carbons (Fsp3) is 0.111. The minimum atomic E-state index is -0.530. The van der Waals surface area contributed by atoms with Gasteiger partial charge in [-0.05, 0) is 36.2 Å². The van der Waals surface area contributed by atoms with Gasteiger partial charge in [0.1, 0.15) is 17.4 Å². The summed E-state index contributed by atoms with van der Waals surface area (Å²) < 4.78 is 1.01. The van der Waals surface area contributed by atoms with Crippen LogP contribution in [-0.4, -0.2) is 17.6 Å². The zero-order valence-electron chi connectivity index (χ0n) is 12.8. The topological polar surface area (TPSA) is 85.2 Å². The molecule has 24 heavy (non-hydrogen) atoms. The first-order chi connectivity index (χ1) is 11.6. The summed E-state index contributed by atoms with van der Waals surface area (Å²) in [7, 11) is 0. The Bertz CT molecular complexity index is 797. The van der Waals surface area contributed by atoms with Crippen LogP contribution in [0.3, 0.4) is 0 Å². The quantitative estimate of drug-likeness (QED) is 0.404. The molecule has 0 saturated heterocycles. The molecule has 2 rings (SSSR count). The molecule has 2 aromatic carbocycles. The number of nitriles is 1. The van der Waals surface area contributed by atoms with Crippen molar-refractivity contribution in [2.75, 3.05) is 11.9 Å². The smallest absolute Gasteiger partial charge is 0.267 e. The summed E-state index contributed by atoms with van der Waals surface area (Å²) in [6.07, 6.45) is 2.17. The van der Waals surface area contributed by atoms with Crippen molar-refractivity contribution in [2.45, 2.75) is 6.42 Å². The maximum Gasteiger partial charge on any atom is 0.267 e. The predicted molar refractivity (Wildman–Crippen MR) is 96.3 cm³/mol. The van der Waals surface area contributed by atoms with Crippen LogP contribution < -0.4 is 10.6 Å². The third kappa shape index (κ3) is 5.45. The van der Waals surface area contributed by atoms with Crippen LogP contribution in [0.5, 0.6) is 5.75 Å². The third-order valence-corrected chi connectivity index (χ3v) is 3.66. The first-order valence-corrected chi connectivity index (χ1v) is 8.06. The number of rotatable bonds is 6. The second kappa shape index (κ2) is 8.75.